The smallest absolute Gasteiger partial charge is 0.341 e. The third kappa shape index (κ3) is 4.61. The maximum absolute atomic E-state index is 13.0. The summed E-state index contributed by atoms with van der Waals surface area (Å²) in [6, 6.07) is 11.4. The highest BCUT2D eigenvalue weighted by Crippen LogP contribution is 2.41. The van der Waals surface area contributed by atoms with Crippen LogP contribution in [0.5, 0.6) is 5.75 Å². The summed E-state index contributed by atoms with van der Waals surface area (Å²) in [6.07, 6.45) is 3.53. The number of pyridine rings is 1. The monoisotopic (exact) mass is 463 g/mol. The van der Waals surface area contributed by atoms with Crippen molar-refractivity contribution >= 4 is 33.9 Å². The van der Waals surface area contributed by atoms with Gasteiger partial charge in [-0.3, -0.25) is 4.79 Å². The Hall–Kier alpha value is -3.65. The molecule has 0 spiro atoms. The molecule has 4 rings (SSSR count). The summed E-state index contributed by atoms with van der Waals surface area (Å²) in [6.45, 7) is 8.37. The van der Waals surface area contributed by atoms with E-state index in [-0.39, 0.29) is 18.2 Å². The number of nitrogens with one attached hydrogen (secondary N) is 1. The lowest BCUT2D eigenvalue weighted by Crippen LogP contribution is -2.15. The standard InChI is InChI=1S/C25H25N3O4S/c1-5-31-18-9-7-17(8-10-18)21-16(4)33-24(22(21)25(30)32-6-2)27-23(29)19-14-28-12-11-15(3)13-20(28)26-19/h7-14H,5-6H2,1-4H3,(H,27,29). The third-order valence-electron chi connectivity index (χ3n) is 5.09. The number of rotatable bonds is 7. The number of benzene rings is 1. The first-order valence-electron chi connectivity index (χ1n) is 10.7. The van der Waals surface area contributed by atoms with Crippen molar-refractivity contribution in [2.75, 3.05) is 18.5 Å². The lowest BCUT2D eigenvalue weighted by molar-refractivity contribution is 0.0529. The number of hydrogen-bond donors (Lipinski definition) is 1. The van der Waals surface area contributed by atoms with E-state index in [9.17, 15) is 9.59 Å². The first kappa shape index (κ1) is 22.5. The third-order valence-corrected chi connectivity index (χ3v) is 6.11. The summed E-state index contributed by atoms with van der Waals surface area (Å²) in [5.41, 5.74) is 3.93. The number of aryl methyl sites for hydroxylation is 2. The Kier molecular flexibility index (Phi) is 6.46. The predicted molar refractivity (Wildman–Crippen MR) is 129 cm³/mol. The summed E-state index contributed by atoms with van der Waals surface area (Å²) >= 11 is 1.34. The van der Waals surface area contributed by atoms with Crippen LogP contribution in [0.2, 0.25) is 0 Å². The quantitative estimate of drug-likeness (QED) is 0.366. The molecule has 0 fully saturated rings. The molecule has 0 aliphatic rings. The Morgan fingerprint density at radius 3 is 2.55 bits per heavy atom. The molecule has 8 heteroatoms. The van der Waals surface area contributed by atoms with Crippen LogP contribution in [0.25, 0.3) is 16.8 Å². The van der Waals surface area contributed by atoms with Gasteiger partial charge in [0, 0.05) is 22.8 Å². The van der Waals surface area contributed by atoms with E-state index in [1.165, 1.54) is 11.3 Å². The van der Waals surface area contributed by atoms with Crippen molar-refractivity contribution < 1.29 is 19.1 Å². The van der Waals surface area contributed by atoms with Crippen LogP contribution in [0.3, 0.4) is 0 Å². The number of hydrogen-bond acceptors (Lipinski definition) is 6. The fourth-order valence-electron chi connectivity index (χ4n) is 3.62. The Morgan fingerprint density at radius 1 is 1.09 bits per heavy atom. The zero-order chi connectivity index (χ0) is 23.5. The highest BCUT2D eigenvalue weighted by molar-refractivity contribution is 7.17. The molecule has 33 heavy (non-hydrogen) atoms. The number of esters is 1. The Morgan fingerprint density at radius 2 is 1.85 bits per heavy atom. The van der Waals surface area contributed by atoms with Crippen LogP contribution in [-0.2, 0) is 4.74 Å². The van der Waals surface area contributed by atoms with Crippen LogP contribution < -0.4 is 10.1 Å². The lowest BCUT2D eigenvalue weighted by Gasteiger charge is -2.09. The molecule has 1 amide bonds. The number of carbonyl (C=O) groups is 2. The molecule has 0 bridgehead atoms. The molecule has 3 heterocycles. The molecule has 0 radical (unpaired) electrons. The second-order valence-corrected chi connectivity index (χ2v) is 8.69. The molecule has 0 aliphatic carbocycles. The molecule has 7 nitrogen and oxygen atoms in total. The van der Waals surface area contributed by atoms with Gasteiger partial charge in [-0.15, -0.1) is 11.3 Å². The van der Waals surface area contributed by atoms with Gasteiger partial charge in [0.15, 0.2) is 0 Å². The molecule has 1 N–H and O–H groups in total. The number of aromatic nitrogens is 2. The summed E-state index contributed by atoms with van der Waals surface area (Å²) in [4.78, 5) is 31.3. The van der Waals surface area contributed by atoms with Crippen LogP contribution in [-0.4, -0.2) is 34.5 Å². The van der Waals surface area contributed by atoms with Gasteiger partial charge >= 0.3 is 5.97 Å². The molecule has 4 aromatic rings. The van der Waals surface area contributed by atoms with Gasteiger partial charge in [-0.25, -0.2) is 9.78 Å². The van der Waals surface area contributed by atoms with E-state index in [2.05, 4.69) is 10.3 Å². The number of thiophene rings is 1. The zero-order valence-electron chi connectivity index (χ0n) is 19.0. The minimum atomic E-state index is -0.480. The molecule has 0 saturated carbocycles. The summed E-state index contributed by atoms with van der Waals surface area (Å²) in [5, 5.41) is 3.32. The van der Waals surface area contributed by atoms with Gasteiger partial charge in [-0.1, -0.05) is 12.1 Å². The Balaban J connectivity index is 1.71. The van der Waals surface area contributed by atoms with Gasteiger partial charge in [-0.05, 0) is 63.1 Å². The first-order valence-corrected chi connectivity index (χ1v) is 11.5. The number of imidazole rings is 1. The van der Waals surface area contributed by atoms with E-state index >= 15 is 0 Å². The van der Waals surface area contributed by atoms with E-state index in [0.717, 1.165) is 27.3 Å². The molecule has 0 atom stereocenters. The molecular weight excluding hydrogens is 438 g/mol. The fraction of sp³-hybridized carbons (Fsp3) is 0.240. The van der Waals surface area contributed by atoms with Crippen LogP contribution >= 0.6 is 11.3 Å². The molecule has 3 aromatic heterocycles. The van der Waals surface area contributed by atoms with Gasteiger partial charge in [0.25, 0.3) is 5.91 Å². The minimum Gasteiger partial charge on any atom is -0.494 e. The zero-order valence-corrected chi connectivity index (χ0v) is 19.8. The van der Waals surface area contributed by atoms with Crippen LogP contribution in [0.4, 0.5) is 5.00 Å². The Bertz CT molecular complexity index is 1320. The molecular formula is C25H25N3O4S. The van der Waals surface area contributed by atoms with E-state index < -0.39 is 5.97 Å². The van der Waals surface area contributed by atoms with Gasteiger partial charge < -0.3 is 19.2 Å². The number of ether oxygens (including phenoxy) is 2. The van der Waals surface area contributed by atoms with Crippen molar-refractivity contribution in [1.82, 2.24) is 9.38 Å². The SMILES string of the molecule is CCOC(=O)c1c(NC(=O)c2cn3ccc(C)cc3n2)sc(C)c1-c1ccc(OCC)cc1. The molecule has 0 aliphatic heterocycles. The minimum absolute atomic E-state index is 0.232. The second kappa shape index (κ2) is 9.46. The number of nitrogens with zero attached hydrogens (tertiary/aromatic N) is 2. The molecule has 170 valence electrons. The average molecular weight is 464 g/mol. The van der Waals surface area contributed by atoms with Crippen molar-refractivity contribution in [3.05, 3.63) is 70.5 Å². The van der Waals surface area contributed by atoms with E-state index in [4.69, 9.17) is 9.47 Å². The van der Waals surface area contributed by atoms with Gasteiger partial charge in [-0.2, -0.15) is 0 Å². The largest absolute Gasteiger partial charge is 0.494 e. The second-order valence-electron chi connectivity index (χ2n) is 7.47. The van der Waals surface area contributed by atoms with Crippen molar-refractivity contribution in [2.45, 2.75) is 27.7 Å². The van der Waals surface area contributed by atoms with Crippen molar-refractivity contribution in [3.63, 3.8) is 0 Å². The van der Waals surface area contributed by atoms with Crippen LogP contribution in [0.1, 0.15) is 45.1 Å². The van der Waals surface area contributed by atoms with Crippen molar-refractivity contribution in [3.8, 4) is 16.9 Å². The predicted octanol–water partition coefficient (Wildman–Crippen LogP) is 5.51. The molecule has 0 unspecified atom stereocenters. The lowest BCUT2D eigenvalue weighted by atomic mass is 10.0. The van der Waals surface area contributed by atoms with Crippen LogP contribution in [0, 0.1) is 13.8 Å². The van der Waals surface area contributed by atoms with Gasteiger partial charge in [0.05, 0.1) is 13.2 Å². The summed E-state index contributed by atoms with van der Waals surface area (Å²) in [7, 11) is 0. The number of fused-ring (bicyclic) bond motifs is 1. The van der Waals surface area contributed by atoms with Crippen molar-refractivity contribution in [2.24, 2.45) is 0 Å². The number of anilines is 1. The first-order chi connectivity index (χ1) is 15.9. The number of carbonyl (C=O) groups excluding carboxylic acids is 2. The van der Waals surface area contributed by atoms with E-state index in [1.54, 1.807) is 17.5 Å². The van der Waals surface area contributed by atoms with Gasteiger partial charge in [0.1, 0.15) is 27.7 Å². The summed E-state index contributed by atoms with van der Waals surface area (Å²) in [5.74, 6) is -0.115. The van der Waals surface area contributed by atoms with Crippen molar-refractivity contribution in [1.29, 1.82) is 0 Å². The normalized spacial score (nSPS) is 10.9. The number of amides is 1. The topological polar surface area (TPSA) is 81.9 Å². The fourth-order valence-corrected chi connectivity index (χ4v) is 4.68. The average Bonchev–Trinajstić information content (AvgIpc) is 3.35. The van der Waals surface area contributed by atoms with E-state index in [1.807, 2.05) is 63.4 Å². The van der Waals surface area contributed by atoms with Crippen LogP contribution in [0.15, 0.2) is 48.8 Å². The van der Waals surface area contributed by atoms with Gasteiger partial charge in [0.2, 0.25) is 0 Å². The summed E-state index contributed by atoms with van der Waals surface area (Å²) < 4.78 is 12.6. The van der Waals surface area contributed by atoms with E-state index in [0.29, 0.717) is 22.8 Å². The molecule has 1 aromatic carbocycles. The maximum atomic E-state index is 13.0. The Labute approximate surface area is 196 Å². The maximum Gasteiger partial charge on any atom is 0.341 e. The molecule has 0 saturated heterocycles. The highest BCUT2D eigenvalue weighted by atomic mass is 32.1. The highest BCUT2D eigenvalue weighted by Gasteiger charge is 2.26.